The van der Waals surface area contributed by atoms with Crippen molar-refractivity contribution in [3.63, 3.8) is 0 Å². The molecule has 0 aliphatic carbocycles. The smallest absolute Gasteiger partial charge is 0.246 e. The zero-order valence-electron chi connectivity index (χ0n) is 12.9. The number of rotatable bonds is 6. The van der Waals surface area contributed by atoms with E-state index in [2.05, 4.69) is 5.32 Å². The van der Waals surface area contributed by atoms with Crippen LogP contribution in [0.3, 0.4) is 0 Å². The Balaban J connectivity index is 2.42. The van der Waals surface area contributed by atoms with E-state index in [1.165, 1.54) is 0 Å². The van der Waals surface area contributed by atoms with E-state index in [1.54, 1.807) is 16.4 Å². The van der Waals surface area contributed by atoms with Crippen LogP contribution in [0.15, 0.2) is 23.1 Å². The molecule has 1 heterocycles. The first-order chi connectivity index (χ1) is 9.95. The van der Waals surface area contributed by atoms with Crippen LogP contribution in [0.2, 0.25) is 0 Å². The number of hydrogen-bond donors (Lipinski definition) is 1. The first kappa shape index (κ1) is 16.1. The van der Waals surface area contributed by atoms with Crippen LogP contribution in [0.1, 0.15) is 33.6 Å². The van der Waals surface area contributed by atoms with E-state index in [9.17, 15) is 8.42 Å². The van der Waals surface area contributed by atoms with Gasteiger partial charge in [0, 0.05) is 24.8 Å². The van der Waals surface area contributed by atoms with Gasteiger partial charge in [-0.15, -0.1) is 0 Å². The van der Waals surface area contributed by atoms with E-state index >= 15 is 0 Å². The van der Waals surface area contributed by atoms with Gasteiger partial charge in [0.2, 0.25) is 10.0 Å². The van der Waals surface area contributed by atoms with Gasteiger partial charge >= 0.3 is 0 Å². The molecule has 0 unspecified atom stereocenters. The molecule has 1 saturated heterocycles. The summed E-state index contributed by atoms with van der Waals surface area (Å²) in [5.74, 6) is 0.429. The van der Waals surface area contributed by atoms with Gasteiger partial charge < -0.3 is 10.1 Å². The summed E-state index contributed by atoms with van der Waals surface area (Å²) in [6, 6.07) is 5.51. The van der Waals surface area contributed by atoms with E-state index in [0.29, 0.717) is 25.4 Å². The first-order valence-electron chi connectivity index (χ1n) is 7.48. The highest BCUT2D eigenvalue weighted by Crippen LogP contribution is 2.31. The van der Waals surface area contributed by atoms with Gasteiger partial charge in [0.15, 0.2) is 0 Å². The van der Waals surface area contributed by atoms with Crippen LogP contribution in [0.25, 0.3) is 0 Å². The maximum absolute atomic E-state index is 12.8. The van der Waals surface area contributed by atoms with Crippen molar-refractivity contribution in [3.8, 4) is 5.75 Å². The van der Waals surface area contributed by atoms with Crippen molar-refractivity contribution in [2.75, 3.05) is 25.0 Å². The maximum Gasteiger partial charge on any atom is 0.246 e. The Labute approximate surface area is 127 Å². The molecule has 0 bridgehead atoms. The average Bonchev–Trinajstić information content (AvgIpc) is 2.94. The summed E-state index contributed by atoms with van der Waals surface area (Å²) in [4.78, 5) is 0.261. The molecule has 6 heteroatoms. The van der Waals surface area contributed by atoms with Gasteiger partial charge in [-0.25, -0.2) is 8.42 Å². The molecule has 0 atom stereocenters. The predicted molar refractivity (Wildman–Crippen MR) is 84.4 cm³/mol. The van der Waals surface area contributed by atoms with Crippen molar-refractivity contribution >= 4 is 15.7 Å². The molecule has 1 aliphatic rings. The van der Waals surface area contributed by atoms with Crippen molar-refractivity contribution in [2.24, 2.45) is 0 Å². The number of sulfonamides is 1. The second-order valence-corrected chi connectivity index (χ2v) is 7.41. The maximum atomic E-state index is 12.8. The lowest BCUT2D eigenvalue weighted by Gasteiger charge is -2.19. The molecule has 0 amide bonds. The van der Waals surface area contributed by atoms with Crippen molar-refractivity contribution in [1.82, 2.24) is 4.31 Å². The monoisotopic (exact) mass is 312 g/mol. The van der Waals surface area contributed by atoms with E-state index in [4.69, 9.17) is 4.74 Å². The fraction of sp³-hybridized carbons (Fsp3) is 0.600. The number of nitrogens with one attached hydrogen (secondary N) is 1. The molecular weight excluding hydrogens is 288 g/mol. The number of nitrogens with zero attached hydrogens (tertiary/aromatic N) is 1. The summed E-state index contributed by atoms with van der Waals surface area (Å²) in [7, 11) is -3.48. The minimum absolute atomic E-state index is 0.241. The lowest BCUT2D eigenvalue weighted by molar-refractivity contribution is 0.329. The summed E-state index contributed by atoms with van der Waals surface area (Å²) in [6.45, 7) is 7.52. The lowest BCUT2D eigenvalue weighted by Crippen LogP contribution is -2.28. The molecule has 1 aliphatic heterocycles. The van der Waals surface area contributed by atoms with Gasteiger partial charge in [0.1, 0.15) is 10.6 Å². The van der Waals surface area contributed by atoms with Crippen molar-refractivity contribution in [2.45, 2.75) is 44.6 Å². The van der Waals surface area contributed by atoms with E-state index in [1.807, 2.05) is 26.8 Å². The molecule has 5 nitrogen and oxygen atoms in total. The standard InChI is InChI=1S/C15H24N2O3S/c1-4-20-14-8-7-13(16-12(2)3)11-15(14)21(18,19)17-9-5-6-10-17/h7-8,11-12,16H,4-6,9-10H2,1-3H3. The van der Waals surface area contributed by atoms with Gasteiger partial charge in [0.05, 0.1) is 6.61 Å². The molecule has 1 N–H and O–H groups in total. The molecule has 0 spiro atoms. The van der Waals surface area contributed by atoms with Crippen molar-refractivity contribution < 1.29 is 13.2 Å². The van der Waals surface area contributed by atoms with Gasteiger partial charge in [-0.2, -0.15) is 4.31 Å². The van der Waals surface area contributed by atoms with E-state index in [0.717, 1.165) is 18.5 Å². The van der Waals surface area contributed by atoms with Gasteiger partial charge in [-0.1, -0.05) is 0 Å². The largest absolute Gasteiger partial charge is 0.492 e. The van der Waals surface area contributed by atoms with Crippen LogP contribution in [0, 0.1) is 0 Å². The second-order valence-electron chi connectivity index (χ2n) is 5.50. The van der Waals surface area contributed by atoms with Gasteiger partial charge in [0.25, 0.3) is 0 Å². The molecule has 1 aromatic carbocycles. The third-order valence-electron chi connectivity index (χ3n) is 3.38. The quantitative estimate of drug-likeness (QED) is 0.877. The molecule has 0 aromatic heterocycles. The van der Waals surface area contributed by atoms with E-state index in [-0.39, 0.29) is 10.9 Å². The zero-order chi connectivity index (χ0) is 15.5. The minimum Gasteiger partial charge on any atom is -0.492 e. The third-order valence-corrected chi connectivity index (χ3v) is 5.30. The highest BCUT2D eigenvalue weighted by Gasteiger charge is 2.30. The summed E-state index contributed by atoms with van der Waals surface area (Å²) in [6.07, 6.45) is 1.85. The van der Waals surface area contributed by atoms with Gasteiger partial charge in [-0.3, -0.25) is 0 Å². The topological polar surface area (TPSA) is 58.6 Å². The molecule has 21 heavy (non-hydrogen) atoms. The Morgan fingerprint density at radius 1 is 1.29 bits per heavy atom. The molecule has 0 radical (unpaired) electrons. The van der Waals surface area contributed by atoms with Crippen LogP contribution >= 0.6 is 0 Å². The Kier molecular flexibility index (Phi) is 5.11. The Morgan fingerprint density at radius 2 is 1.95 bits per heavy atom. The highest BCUT2D eigenvalue weighted by molar-refractivity contribution is 7.89. The predicted octanol–water partition coefficient (Wildman–Crippen LogP) is 2.69. The highest BCUT2D eigenvalue weighted by atomic mass is 32.2. The Bertz CT molecular complexity index is 579. The molecule has 118 valence electrons. The Morgan fingerprint density at radius 3 is 2.52 bits per heavy atom. The van der Waals surface area contributed by atoms with Crippen molar-refractivity contribution in [1.29, 1.82) is 0 Å². The fourth-order valence-corrected chi connectivity index (χ4v) is 4.15. The molecule has 2 rings (SSSR count). The van der Waals surface area contributed by atoms with Crippen LogP contribution in [-0.2, 0) is 10.0 Å². The van der Waals surface area contributed by atoms with Crippen LogP contribution in [0.4, 0.5) is 5.69 Å². The lowest BCUT2D eigenvalue weighted by atomic mass is 10.2. The average molecular weight is 312 g/mol. The van der Waals surface area contributed by atoms with Crippen LogP contribution in [-0.4, -0.2) is 38.5 Å². The Hall–Kier alpha value is -1.27. The molecular formula is C15H24N2O3S. The summed E-state index contributed by atoms with van der Waals surface area (Å²) < 4.78 is 32.6. The SMILES string of the molecule is CCOc1ccc(NC(C)C)cc1S(=O)(=O)N1CCCC1. The summed E-state index contributed by atoms with van der Waals surface area (Å²) in [5, 5.41) is 3.24. The number of anilines is 1. The molecule has 1 fully saturated rings. The molecule has 0 saturated carbocycles. The summed E-state index contributed by atoms with van der Waals surface area (Å²) in [5.41, 5.74) is 0.797. The normalized spacial score (nSPS) is 16.4. The van der Waals surface area contributed by atoms with Crippen molar-refractivity contribution in [3.05, 3.63) is 18.2 Å². The fourth-order valence-electron chi connectivity index (χ4n) is 2.48. The van der Waals surface area contributed by atoms with E-state index < -0.39 is 10.0 Å². The molecule has 1 aromatic rings. The summed E-state index contributed by atoms with van der Waals surface area (Å²) >= 11 is 0. The number of ether oxygens (including phenoxy) is 1. The first-order valence-corrected chi connectivity index (χ1v) is 8.92. The number of hydrogen-bond acceptors (Lipinski definition) is 4. The minimum atomic E-state index is -3.48. The second kappa shape index (κ2) is 6.66. The van der Waals surface area contributed by atoms with Crippen LogP contribution in [0.5, 0.6) is 5.75 Å². The zero-order valence-corrected chi connectivity index (χ0v) is 13.7. The van der Waals surface area contributed by atoms with Crippen LogP contribution < -0.4 is 10.1 Å². The number of benzene rings is 1. The van der Waals surface area contributed by atoms with Gasteiger partial charge in [-0.05, 0) is 51.8 Å². The third kappa shape index (κ3) is 3.68.